The number of rotatable bonds is 2. The van der Waals surface area contributed by atoms with Crippen LogP contribution in [0.1, 0.15) is 0 Å². The first-order chi connectivity index (χ1) is 2.81. The van der Waals surface area contributed by atoms with E-state index in [4.69, 9.17) is 7.12 Å². The summed E-state index contributed by atoms with van der Waals surface area (Å²) in [7, 11) is 6.50. The van der Waals surface area contributed by atoms with Crippen LogP contribution in [0.5, 0.6) is 0 Å². The smallest absolute Gasteiger partial charge is 0.172 e. The van der Waals surface area contributed by atoms with Crippen LogP contribution in [0.15, 0.2) is 11.7 Å². The number of methoxy groups -OCH3 is 1. The van der Waals surface area contributed by atoms with Gasteiger partial charge in [0.15, 0.2) is 7.12 Å². The first-order valence-electron chi connectivity index (χ1n) is 1.41. The number of hydrogen-bond donors (Lipinski definition) is 0. The van der Waals surface area contributed by atoms with E-state index in [0.29, 0.717) is 5.09 Å². The Labute approximate surface area is 43.1 Å². The fourth-order valence-corrected chi connectivity index (χ4v) is 0.144. The molecule has 1 nitrogen and oxygen atoms in total. The summed E-state index contributed by atoms with van der Waals surface area (Å²) in [6.07, 6.45) is 0. The van der Waals surface area contributed by atoms with Crippen LogP contribution in [0, 0.1) is 0 Å². The molecule has 3 heteroatoms. The fraction of sp³-hybridized carbons (Fsp3) is 0.333. The molecule has 0 fully saturated rings. The van der Waals surface area contributed by atoms with E-state index in [1.165, 1.54) is 7.11 Å². The second-order valence-corrected chi connectivity index (χ2v) is 1.39. The second kappa shape index (κ2) is 3.16. The highest BCUT2D eigenvalue weighted by Crippen LogP contribution is 2.04. The monoisotopic (exact) mass is 100 g/mol. The van der Waals surface area contributed by atoms with Gasteiger partial charge in [-0.1, -0.05) is 6.58 Å². The Morgan fingerprint density at radius 3 is 2.50 bits per heavy atom. The van der Waals surface area contributed by atoms with Crippen molar-refractivity contribution in [1.29, 1.82) is 0 Å². The van der Waals surface area contributed by atoms with E-state index in [2.05, 4.69) is 11.3 Å². The average Bonchev–Trinajstić information content (AvgIpc) is 1.65. The van der Waals surface area contributed by atoms with E-state index >= 15 is 0 Å². The van der Waals surface area contributed by atoms with Crippen molar-refractivity contribution >= 4 is 18.7 Å². The first kappa shape index (κ1) is 5.95. The molecule has 2 radical (unpaired) electrons. The maximum atomic E-state index is 4.97. The highest BCUT2D eigenvalue weighted by Gasteiger charge is 1.77. The van der Waals surface area contributed by atoms with Crippen LogP contribution in [0.3, 0.4) is 0 Å². The maximum Gasteiger partial charge on any atom is 0.172 e. The van der Waals surface area contributed by atoms with Crippen molar-refractivity contribution in [2.75, 3.05) is 7.11 Å². The van der Waals surface area contributed by atoms with E-state index < -0.39 is 0 Å². The summed E-state index contributed by atoms with van der Waals surface area (Å²) in [6, 6.07) is 0. The lowest BCUT2D eigenvalue weighted by molar-refractivity contribution is 0.327. The SMILES string of the molecule is [B]SC(=C)OC. The van der Waals surface area contributed by atoms with Crippen LogP contribution in [0.4, 0.5) is 0 Å². The van der Waals surface area contributed by atoms with Crippen LogP contribution < -0.4 is 0 Å². The average molecular weight is 100.0 g/mol. The molecule has 32 valence electrons. The molecule has 0 unspecified atom stereocenters. The molecule has 0 saturated heterocycles. The summed E-state index contributed by atoms with van der Waals surface area (Å²) >= 11 is 1.01. The zero-order valence-electron chi connectivity index (χ0n) is 3.60. The molecule has 0 spiro atoms. The van der Waals surface area contributed by atoms with Gasteiger partial charge in [-0.25, -0.2) is 0 Å². The van der Waals surface area contributed by atoms with Crippen LogP contribution >= 0.6 is 11.6 Å². The van der Waals surface area contributed by atoms with Crippen molar-refractivity contribution in [2.45, 2.75) is 0 Å². The molecule has 0 heterocycles. The Hall–Kier alpha value is -0.0451. The van der Waals surface area contributed by atoms with Gasteiger partial charge >= 0.3 is 0 Å². The molecule has 0 aliphatic heterocycles. The molecular weight excluding hydrogens is 94.9 g/mol. The molecule has 6 heavy (non-hydrogen) atoms. The molecule has 0 aromatic heterocycles. The molecule has 0 bridgehead atoms. The third-order valence-corrected chi connectivity index (χ3v) is 0.789. The maximum absolute atomic E-state index is 4.97. The van der Waals surface area contributed by atoms with Gasteiger partial charge in [0.2, 0.25) is 0 Å². The van der Waals surface area contributed by atoms with Gasteiger partial charge in [0, 0.05) is 0 Å². The first-order valence-corrected chi connectivity index (χ1v) is 2.29. The minimum Gasteiger partial charge on any atom is -0.492 e. The van der Waals surface area contributed by atoms with E-state index in [1.807, 2.05) is 0 Å². The Bertz CT molecular complexity index is 48.8. The summed E-state index contributed by atoms with van der Waals surface area (Å²) in [5.41, 5.74) is 0. The van der Waals surface area contributed by atoms with Crippen molar-refractivity contribution in [3.8, 4) is 0 Å². The van der Waals surface area contributed by atoms with Gasteiger partial charge in [-0.15, -0.1) is 0 Å². The second-order valence-electron chi connectivity index (χ2n) is 0.694. The van der Waals surface area contributed by atoms with E-state index in [0.717, 1.165) is 11.6 Å². The zero-order chi connectivity index (χ0) is 4.99. The van der Waals surface area contributed by atoms with Gasteiger partial charge in [0.05, 0.1) is 7.11 Å². The fourth-order valence-electron chi connectivity index (χ4n) is 0.0481. The van der Waals surface area contributed by atoms with Crippen LogP contribution in [-0.4, -0.2) is 14.2 Å². The lowest BCUT2D eigenvalue weighted by atomic mass is 10.8. The lowest BCUT2D eigenvalue weighted by Crippen LogP contribution is -1.72. The third-order valence-electron chi connectivity index (χ3n) is 0.359. The van der Waals surface area contributed by atoms with Gasteiger partial charge in [0.1, 0.15) is 5.09 Å². The summed E-state index contributed by atoms with van der Waals surface area (Å²) in [4.78, 5) is 0. The normalized spacial score (nSPS) is 7.50. The van der Waals surface area contributed by atoms with Crippen LogP contribution in [0.2, 0.25) is 0 Å². The highest BCUT2D eigenvalue weighted by atomic mass is 32.2. The Kier molecular flexibility index (Phi) is 3.13. The van der Waals surface area contributed by atoms with Crippen molar-refractivity contribution in [3.63, 3.8) is 0 Å². The zero-order valence-corrected chi connectivity index (χ0v) is 4.42. The molecule has 0 amide bonds. The van der Waals surface area contributed by atoms with Crippen molar-refractivity contribution < 1.29 is 4.74 Å². The lowest BCUT2D eigenvalue weighted by Gasteiger charge is -1.94. The Morgan fingerprint density at radius 2 is 2.50 bits per heavy atom. The topological polar surface area (TPSA) is 9.23 Å². The van der Waals surface area contributed by atoms with Gasteiger partial charge < -0.3 is 4.74 Å². The molecule has 0 aromatic rings. The summed E-state index contributed by atoms with van der Waals surface area (Å²) in [6.45, 7) is 3.41. The van der Waals surface area contributed by atoms with E-state index in [-0.39, 0.29) is 0 Å². The summed E-state index contributed by atoms with van der Waals surface area (Å²) < 4.78 is 4.54. The largest absolute Gasteiger partial charge is 0.492 e. The van der Waals surface area contributed by atoms with E-state index in [1.54, 1.807) is 0 Å². The Morgan fingerprint density at radius 1 is 2.00 bits per heavy atom. The number of ether oxygens (including phenoxy) is 1. The molecule has 0 N–H and O–H groups in total. The molecule has 0 saturated carbocycles. The van der Waals surface area contributed by atoms with Gasteiger partial charge in [0.25, 0.3) is 0 Å². The van der Waals surface area contributed by atoms with Crippen LogP contribution in [-0.2, 0) is 4.74 Å². The standard InChI is InChI=1S/C3H5BOS/c1-3(5-2)6-4/h1H2,2H3. The third kappa shape index (κ3) is 2.21. The predicted octanol–water partition coefficient (Wildman–Crippen LogP) is 0.921. The van der Waals surface area contributed by atoms with Gasteiger partial charge in [-0.05, 0) is 0 Å². The number of hydrogen-bond acceptors (Lipinski definition) is 2. The molecule has 0 atom stereocenters. The van der Waals surface area contributed by atoms with Crippen molar-refractivity contribution in [1.82, 2.24) is 0 Å². The molecule has 0 aliphatic carbocycles. The van der Waals surface area contributed by atoms with E-state index in [9.17, 15) is 0 Å². The van der Waals surface area contributed by atoms with Crippen molar-refractivity contribution in [2.24, 2.45) is 0 Å². The van der Waals surface area contributed by atoms with Gasteiger partial charge in [-0.2, -0.15) is 11.6 Å². The quantitative estimate of drug-likeness (QED) is 0.377. The summed E-state index contributed by atoms with van der Waals surface area (Å²) in [5.74, 6) is 0. The predicted molar refractivity (Wildman–Crippen MR) is 29.5 cm³/mol. The molecule has 0 rings (SSSR count). The minimum atomic E-state index is 0.537. The van der Waals surface area contributed by atoms with Crippen LogP contribution in [0.25, 0.3) is 0 Å². The summed E-state index contributed by atoms with van der Waals surface area (Å²) in [5, 5.41) is 0.537. The molecule has 0 aromatic carbocycles. The minimum absolute atomic E-state index is 0.537. The molecule has 0 aliphatic rings. The van der Waals surface area contributed by atoms with Crippen molar-refractivity contribution in [3.05, 3.63) is 11.7 Å². The van der Waals surface area contributed by atoms with Gasteiger partial charge in [-0.3, -0.25) is 0 Å². The molecular formula is C3H5BOS. The Balaban J connectivity index is 2.99. The highest BCUT2D eigenvalue weighted by molar-refractivity contribution is 8.22.